The first-order valence-electron chi connectivity index (χ1n) is 4.22. The third-order valence-corrected chi connectivity index (χ3v) is 1.79. The molecule has 0 amide bonds. The van der Waals surface area contributed by atoms with E-state index in [1.54, 1.807) is 21.3 Å². The van der Waals surface area contributed by atoms with Crippen LogP contribution in [0.2, 0.25) is 0 Å². The Morgan fingerprint density at radius 3 is 2.29 bits per heavy atom. The smallest absolute Gasteiger partial charge is 0.152 e. The molecule has 0 saturated heterocycles. The molecule has 4 heteroatoms. The number of rotatable bonds is 3. The first-order chi connectivity index (χ1) is 6.81. The highest BCUT2D eigenvalue weighted by atomic mass is 16.6. The summed E-state index contributed by atoms with van der Waals surface area (Å²) in [4.78, 5) is 8.84. The summed E-state index contributed by atoms with van der Waals surface area (Å²) >= 11 is 0. The first kappa shape index (κ1) is 10.5. The number of nitrogens with one attached hydrogen (secondary N) is 1. The number of aliphatic imine (C=N–C) groups is 1. The molecule has 0 aliphatic carbocycles. The maximum Gasteiger partial charge on any atom is 0.152 e. The zero-order chi connectivity index (χ0) is 10.4. The highest BCUT2D eigenvalue weighted by Crippen LogP contribution is 2.11. The Balaban J connectivity index is 2.84. The van der Waals surface area contributed by atoms with Gasteiger partial charge in [-0.25, -0.2) is 5.48 Å². The van der Waals surface area contributed by atoms with Crippen LogP contribution < -0.4 is 10.2 Å². The molecule has 0 aromatic heterocycles. The van der Waals surface area contributed by atoms with Crippen LogP contribution in [0.25, 0.3) is 0 Å². The number of benzene rings is 1. The molecule has 0 unspecified atom stereocenters. The fourth-order valence-corrected chi connectivity index (χ4v) is 1.08. The first-order valence-corrected chi connectivity index (χ1v) is 4.22. The number of hydrogen-bond acceptors (Lipinski definition) is 3. The van der Waals surface area contributed by atoms with Crippen LogP contribution in [-0.2, 0) is 4.84 Å². The third-order valence-electron chi connectivity index (χ3n) is 1.79. The number of ether oxygens (including phenoxy) is 1. The van der Waals surface area contributed by atoms with E-state index in [1.165, 1.54) is 0 Å². The second-order valence-electron chi connectivity index (χ2n) is 2.61. The van der Waals surface area contributed by atoms with Gasteiger partial charge in [0.1, 0.15) is 5.75 Å². The van der Waals surface area contributed by atoms with E-state index in [0.29, 0.717) is 5.84 Å². The summed E-state index contributed by atoms with van der Waals surface area (Å²) in [5, 5.41) is 0. The third kappa shape index (κ3) is 2.47. The van der Waals surface area contributed by atoms with Crippen molar-refractivity contribution < 1.29 is 9.57 Å². The molecule has 0 spiro atoms. The Morgan fingerprint density at radius 1 is 1.21 bits per heavy atom. The van der Waals surface area contributed by atoms with Crippen LogP contribution in [0.4, 0.5) is 0 Å². The number of amidine groups is 1. The molecule has 1 aromatic rings. The molecular weight excluding hydrogens is 180 g/mol. The summed E-state index contributed by atoms with van der Waals surface area (Å²) in [6.07, 6.45) is 0. The Bertz CT molecular complexity index is 306. The molecule has 14 heavy (non-hydrogen) atoms. The van der Waals surface area contributed by atoms with Gasteiger partial charge in [-0.3, -0.25) is 9.83 Å². The standard InChI is InChI=1S/C10H14N2O2/c1-11-10(12-14-3)8-4-6-9(13-2)7-5-8/h4-7H,1-3H3,(H,11,12). The molecule has 0 atom stereocenters. The molecule has 0 aliphatic heterocycles. The average molecular weight is 194 g/mol. The van der Waals surface area contributed by atoms with Crippen LogP contribution in [0.5, 0.6) is 5.75 Å². The molecule has 0 bridgehead atoms. The molecular formula is C10H14N2O2. The van der Waals surface area contributed by atoms with Crippen molar-refractivity contribution in [1.82, 2.24) is 5.48 Å². The summed E-state index contributed by atoms with van der Waals surface area (Å²) in [6.45, 7) is 0. The minimum Gasteiger partial charge on any atom is -0.497 e. The monoisotopic (exact) mass is 194 g/mol. The van der Waals surface area contributed by atoms with E-state index in [4.69, 9.17) is 9.57 Å². The lowest BCUT2D eigenvalue weighted by Crippen LogP contribution is -2.22. The Kier molecular flexibility index (Phi) is 3.94. The van der Waals surface area contributed by atoms with Crippen LogP contribution in [0, 0.1) is 0 Å². The summed E-state index contributed by atoms with van der Waals surface area (Å²) in [5.74, 6) is 1.51. The molecule has 1 aromatic carbocycles. The predicted octanol–water partition coefficient (Wildman–Crippen LogP) is 1.22. The van der Waals surface area contributed by atoms with Gasteiger partial charge >= 0.3 is 0 Å². The molecule has 0 aliphatic rings. The van der Waals surface area contributed by atoms with Gasteiger partial charge in [-0.2, -0.15) is 0 Å². The SMILES string of the molecule is CN=C(NOC)c1ccc(OC)cc1. The van der Waals surface area contributed by atoms with Gasteiger partial charge in [-0.15, -0.1) is 0 Å². The van der Waals surface area contributed by atoms with Crippen molar-refractivity contribution in [2.24, 2.45) is 4.99 Å². The van der Waals surface area contributed by atoms with Crippen molar-refractivity contribution >= 4 is 5.84 Å². The van der Waals surface area contributed by atoms with Gasteiger partial charge < -0.3 is 4.74 Å². The number of nitrogens with zero attached hydrogens (tertiary/aromatic N) is 1. The van der Waals surface area contributed by atoms with E-state index < -0.39 is 0 Å². The lowest BCUT2D eigenvalue weighted by molar-refractivity contribution is 0.145. The highest BCUT2D eigenvalue weighted by molar-refractivity contribution is 5.98. The molecule has 0 heterocycles. The predicted molar refractivity (Wildman–Crippen MR) is 55.6 cm³/mol. The number of hydroxylamine groups is 1. The van der Waals surface area contributed by atoms with Gasteiger partial charge in [0.2, 0.25) is 0 Å². The van der Waals surface area contributed by atoms with Crippen LogP contribution in [0.15, 0.2) is 29.3 Å². The van der Waals surface area contributed by atoms with E-state index in [9.17, 15) is 0 Å². The summed E-state index contributed by atoms with van der Waals surface area (Å²) in [7, 11) is 4.89. The zero-order valence-electron chi connectivity index (χ0n) is 8.57. The summed E-state index contributed by atoms with van der Waals surface area (Å²) < 4.78 is 5.05. The maximum absolute atomic E-state index is 5.05. The van der Waals surface area contributed by atoms with Crippen LogP contribution in [-0.4, -0.2) is 27.1 Å². The fraction of sp³-hybridized carbons (Fsp3) is 0.300. The van der Waals surface area contributed by atoms with Gasteiger partial charge in [0, 0.05) is 12.6 Å². The molecule has 1 N–H and O–H groups in total. The normalized spacial score (nSPS) is 11.2. The molecule has 0 fully saturated rings. The number of methoxy groups -OCH3 is 1. The van der Waals surface area contributed by atoms with Crippen molar-refractivity contribution in [3.05, 3.63) is 29.8 Å². The van der Waals surface area contributed by atoms with Crippen molar-refractivity contribution in [1.29, 1.82) is 0 Å². The molecule has 1 rings (SSSR count). The second-order valence-corrected chi connectivity index (χ2v) is 2.61. The Morgan fingerprint density at radius 2 is 1.86 bits per heavy atom. The van der Waals surface area contributed by atoms with E-state index >= 15 is 0 Å². The highest BCUT2D eigenvalue weighted by Gasteiger charge is 2.01. The summed E-state index contributed by atoms with van der Waals surface area (Å²) in [6, 6.07) is 7.57. The van der Waals surface area contributed by atoms with Crippen molar-refractivity contribution in [3.63, 3.8) is 0 Å². The van der Waals surface area contributed by atoms with Crippen molar-refractivity contribution in [3.8, 4) is 5.75 Å². The van der Waals surface area contributed by atoms with E-state index in [0.717, 1.165) is 11.3 Å². The van der Waals surface area contributed by atoms with Gasteiger partial charge in [-0.05, 0) is 24.3 Å². The van der Waals surface area contributed by atoms with Gasteiger partial charge in [0.15, 0.2) is 5.84 Å². The molecule has 76 valence electrons. The Labute approximate surface area is 83.5 Å². The van der Waals surface area contributed by atoms with Crippen LogP contribution in [0.3, 0.4) is 0 Å². The minimum absolute atomic E-state index is 0.690. The second kappa shape index (κ2) is 5.24. The van der Waals surface area contributed by atoms with E-state index in [2.05, 4.69) is 10.5 Å². The maximum atomic E-state index is 5.05. The fourth-order valence-electron chi connectivity index (χ4n) is 1.08. The quantitative estimate of drug-likeness (QED) is 0.447. The molecule has 0 saturated carbocycles. The number of hydrogen-bond donors (Lipinski definition) is 1. The van der Waals surface area contributed by atoms with Gasteiger partial charge in [0.05, 0.1) is 14.2 Å². The Hall–Kier alpha value is -1.55. The average Bonchev–Trinajstić information content (AvgIpc) is 2.26. The molecule has 4 nitrogen and oxygen atoms in total. The van der Waals surface area contributed by atoms with Crippen LogP contribution >= 0.6 is 0 Å². The minimum atomic E-state index is 0.690. The van der Waals surface area contributed by atoms with Gasteiger partial charge in [0.25, 0.3) is 0 Å². The van der Waals surface area contributed by atoms with E-state index in [-0.39, 0.29) is 0 Å². The zero-order valence-corrected chi connectivity index (χ0v) is 8.57. The van der Waals surface area contributed by atoms with Crippen molar-refractivity contribution in [2.45, 2.75) is 0 Å². The largest absolute Gasteiger partial charge is 0.497 e. The van der Waals surface area contributed by atoms with Crippen molar-refractivity contribution in [2.75, 3.05) is 21.3 Å². The summed E-state index contributed by atoms with van der Waals surface area (Å²) in [5.41, 5.74) is 3.65. The lowest BCUT2D eigenvalue weighted by Gasteiger charge is -2.07. The topological polar surface area (TPSA) is 42.9 Å². The lowest BCUT2D eigenvalue weighted by atomic mass is 10.2. The van der Waals surface area contributed by atoms with Gasteiger partial charge in [-0.1, -0.05) is 0 Å². The van der Waals surface area contributed by atoms with E-state index in [1.807, 2.05) is 24.3 Å². The molecule has 0 radical (unpaired) electrons. The van der Waals surface area contributed by atoms with Crippen LogP contribution in [0.1, 0.15) is 5.56 Å².